The van der Waals surface area contributed by atoms with Gasteiger partial charge in [0.1, 0.15) is 0 Å². The molecule has 0 aliphatic heterocycles. The van der Waals surface area contributed by atoms with Crippen molar-refractivity contribution in [1.82, 2.24) is 4.98 Å². The average molecular weight is 283 g/mol. The summed E-state index contributed by atoms with van der Waals surface area (Å²) in [5.41, 5.74) is 9.07. The van der Waals surface area contributed by atoms with Gasteiger partial charge in [-0.25, -0.2) is 0 Å². The lowest BCUT2D eigenvalue weighted by molar-refractivity contribution is 0.345. The van der Waals surface area contributed by atoms with E-state index in [4.69, 9.17) is 5.73 Å². The molecule has 1 aromatic carbocycles. The number of fused-ring (bicyclic) bond motifs is 1. The van der Waals surface area contributed by atoms with Gasteiger partial charge in [0.05, 0.1) is 0 Å². The first-order valence-corrected chi connectivity index (χ1v) is 8.13. The predicted molar refractivity (Wildman–Crippen MR) is 90.6 cm³/mol. The molecule has 3 heteroatoms. The Hall–Kier alpha value is -1.77. The fourth-order valence-electron chi connectivity index (χ4n) is 3.41. The Bertz CT molecular complexity index is 615. The molecule has 0 saturated heterocycles. The highest BCUT2D eigenvalue weighted by atomic mass is 14.9. The number of pyridine rings is 1. The third-order valence-electron chi connectivity index (χ3n) is 4.66. The molecule has 1 fully saturated rings. The van der Waals surface area contributed by atoms with Gasteiger partial charge >= 0.3 is 0 Å². The Morgan fingerprint density at radius 1 is 1.19 bits per heavy atom. The highest BCUT2D eigenvalue weighted by Gasteiger charge is 2.13. The van der Waals surface area contributed by atoms with E-state index in [0.717, 1.165) is 29.2 Å². The third kappa shape index (κ3) is 3.29. The van der Waals surface area contributed by atoms with Crippen molar-refractivity contribution < 1.29 is 0 Å². The van der Waals surface area contributed by atoms with Gasteiger partial charge in [0.15, 0.2) is 0 Å². The van der Waals surface area contributed by atoms with Crippen LogP contribution in [0.25, 0.3) is 10.8 Å². The Balaban J connectivity index is 1.71. The minimum absolute atomic E-state index is 0.801. The summed E-state index contributed by atoms with van der Waals surface area (Å²) in [6, 6.07) is 6.19. The van der Waals surface area contributed by atoms with Crippen LogP contribution >= 0.6 is 0 Å². The Morgan fingerprint density at radius 2 is 2.00 bits per heavy atom. The fraction of sp³-hybridized carbons (Fsp3) is 0.500. The lowest BCUT2D eigenvalue weighted by atomic mass is 9.87. The topological polar surface area (TPSA) is 50.9 Å². The number of benzene rings is 1. The Kier molecular flexibility index (Phi) is 4.28. The number of nitrogens with one attached hydrogen (secondary N) is 1. The summed E-state index contributed by atoms with van der Waals surface area (Å²) in [6.07, 6.45) is 10.2. The van der Waals surface area contributed by atoms with E-state index < -0.39 is 0 Å². The number of hydrogen-bond donors (Lipinski definition) is 2. The molecule has 1 aliphatic rings. The van der Waals surface area contributed by atoms with Crippen molar-refractivity contribution in [2.75, 3.05) is 17.6 Å². The summed E-state index contributed by atoms with van der Waals surface area (Å²) in [5, 5.41) is 5.84. The van der Waals surface area contributed by atoms with Gasteiger partial charge in [0, 0.05) is 40.6 Å². The molecule has 0 bridgehead atoms. The first kappa shape index (κ1) is 14.2. The molecule has 3 N–H and O–H groups in total. The standard InChI is InChI=1S/C18H25N3/c1-13-11-15-16(12-21-13)17(19)7-8-18(15)20-10-9-14-5-3-2-4-6-14/h7-8,11-12,14,20H,2-6,9-10,19H2,1H3. The second kappa shape index (κ2) is 6.33. The molecule has 2 aromatic rings. The largest absolute Gasteiger partial charge is 0.398 e. The van der Waals surface area contributed by atoms with Gasteiger partial charge < -0.3 is 11.1 Å². The molecule has 1 aliphatic carbocycles. The van der Waals surface area contributed by atoms with Crippen LogP contribution in [-0.2, 0) is 0 Å². The van der Waals surface area contributed by atoms with Crippen LogP contribution in [-0.4, -0.2) is 11.5 Å². The molecule has 1 aromatic heterocycles. The molecule has 0 radical (unpaired) electrons. The maximum atomic E-state index is 6.05. The molecule has 21 heavy (non-hydrogen) atoms. The quantitative estimate of drug-likeness (QED) is 0.812. The van der Waals surface area contributed by atoms with Gasteiger partial charge in [-0.15, -0.1) is 0 Å². The summed E-state index contributed by atoms with van der Waals surface area (Å²) in [7, 11) is 0. The van der Waals surface area contributed by atoms with Crippen LogP contribution in [0.15, 0.2) is 24.4 Å². The number of nitrogen functional groups attached to an aromatic ring is 1. The van der Waals surface area contributed by atoms with Gasteiger partial charge in [0.2, 0.25) is 0 Å². The molecule has 1 heterocycles. The van der Waals surface area contributed by atoms with Crippen molar-refractivity contribution in [3.8, 4) is 0 Å². The number of aromatic nitrogens is 1. The summed E-state index contributed by atoms with van der Waals surface area (Å²) >= 11 is 0. The van der Waals surface area contributed by atoms with Crippen LogP contribution in [0.2, 0.25) is 0 Å². The second-order valence-corrected chi connectivity index (χ2v) is 6.29. The van der Waals surface area contributed by atoms with Crippen molar-refractivity contribution in [2.45, 2.75) is 45.4 Å². The molecule has 0 spiro atoms. The van der Waals surface area contributed by atoms with Gasteiger partial charge in [0.25, 0.3) is 0 Å². The van der Waals surface area contributed by atoms with Gasteiger partial charge in [-0.2, -0.15) is 0 Å². The molecule has 1 saturated carbocycles. The maximum absolute atomic E-state index is 6.05. The highest BCUT2D eigenvalue weighted by Crippen LogP contribution is 2.29. The van der Waals surface area contributed by atoms with Gasteiger partial charge in [-0.05, 0) is 37.5 Å². The number of rotatable bonds is 4. The van der Waals surface area contributed by atoms with E-state index in [2.05, 4.69) is 22.4 Å². The van der Waals surface area contributed by atoms with Crippen LogP contribution in [0.4, 0.5) is 11.4 Å². The molecule has 0 atom stereocenters. The van der Waals surface area contributed by atoms with Crippen LogP contribution in [0, 0.1) is 12.8 Å². The van der Waals surface area contributed by atoms with E-state index >= 15 is 0 Å². The van der Waals surface area contributed by atoms with Crippen molar-refractivity contribution in [3.63, 3.8) is 0 Å². The zero-order valence-corrected chi connectivity index (χ0v) is 12.9. The molecular weight excluding hydrogens is 258 g/mol. The smallest absolute Gasteiger partial charge is 0.0422 e. The number of hydrogen-bond acceptors (Lipinski definition) is 3. The highest BCUT2D eigenvalue weighted by molar-refractivity contribution is 6.00. The Labute approximate surface area is 127 Å². The molecule has 3 rings (SSSR count). The zero-order valence-electron chi connectivity index (χ0n) is 12.9. The zero-order chi connectivity index (χ0) is 14.7. The minimum atomic E-state index is 0.801. The summed E-state index contributed by atoms with van der Waals surface area (Å²) < 4.78 is 0. The van der Waals surface area contributed by atoms with E-state index in [1.807, 2.05) is 19.2 Å². The van der Waals surface area contributed by atoms with E-state index in [0.29, 0.717) is 0 Å². The van der Waals surface area contributed by atoms with E-state index in [1.54, 1.807) is 0 Å². The first-order valence-electron chi connectivity index (χ1n) is 8.13. The summed E-state index contributed by atoms with van der Waals surface area (Å²) in [5.74, 6) is 0.912. The lowest BCUT2D eigenvalue weighted by Crippen LogP contribution is -2.12. The molecule has 3 nitrogen and oxygen atoms in total. The SMILES string of the molecule is Cc1cc2c(NCCC3CCCCC3)ccc(N)c2cn1. The second-order valence-electron chi connectivity index (χ2n) is 6.29. The van der Waals surface area contributed by atoms with Crippen LogP contribution < -0.4 is 11.1 Å². The molecule has 112 valence electrons. The van der Waals surface area contributed by atoms with Gasteiger partial charge in [-0.1, -0.05) is 32.1 Å². The van der Waals surface area contributed by atoms with E-state index in [9.17, 15) is 0 Å². The van der Waals surface area contributed by atoms with Crippen LogP contribution in [0.3, 0.4) is 0 Å². The summed E-state index contributed by atoms with van der Waals surface area (Å²) in [4.78, 5) is 4.36. The van der Waals surface area contributed by atoms with E-state index in [-0.39, 0.29) is 0 Å². The number of aryl methyl sites for hydroxylation is 1. The maximum Gasteiger partial charge on any atom is 0.0422 e. The van der Waals surface area contributed by atoms with Crippen LogP contribution in [0.1, 0.15) is 44.2 Å². The number of anilines is 2. The van der Waals surface area contributed by atoms with Crippen LogP contribution in [0.5, 0.6) is 0 Å². The monoisotopic (exact) mass is 283 g/mol. The normalized spacial score (nSPS) is 16.2. The van der Waals surface area contributed by atoms with Crippen molar-refractivity contribution >= 4 is 22.1 Å². The average Bonchev–Trinajstić information content (AvgIpc) is 2.50. The lowest BCUT2D eigenvalue weighted by Gasteiger charge is -2.22. The third-order valence-corrected chi connectivity index (χ3v) is 4.66. The number of nitrogens with zero attached hydrogens (tertiary/aromatic N) is 1. The minimum Gasteiger partial charge on any atom is -0.398 e. The van der Waals surface area contributed by atoms with Crippen molar-refractivity contribution in [2.24, 2.45) is 5.92 Å². The van der Waals surface area contributed by atoms with Gasteiger partial charge in [-0.3, -0.25) is 4.98 Å². The number of nitrogens with two attached hydrogens (primary N) is 1. The molecular formula is C18H25N3. The van der Waals surface area contributed by atoms with E-state index in [1.165, 1.54) is 49.6 Å². The predicted octanol–water partition coefficient (Wildman–Crippen LogP) is 4.51. The molecule has 0 unspecified atom stereocenters. The van der Waals surface area contributed by atoms with Crippen molar-refractivity contribution in [1.29, 1.82) is 0 Å². The first-order chi connectivity index (χ1) is 10.2. The van der Waals surface area contributed by atoms with Crippen molar-refractivity contribution in [3.05, 3.63) is 30.1 Å². The fourth-order valence-corrected chi connectivity index (χ4v) is 3.41. The Morgan fingerprint density at radius 3 is 2.81 bits per heavy atom. The molecule has 0 amide bonds. The summed E-state index contributed by atoms with van der Waals surface area (Å²) in [6.45, 7) is 3.07.